The number of fused-ring (bicyclic) bond motifs is 1. The van der Waals surface area contributed by atoms with Crippen LogP contribution in [0, 0.1) is 0 Å². The molecule has 0 radical (unpaired) electrons. The van der Waals surface area contributed by atoms with E-state index in [0.717, 1.165) is 42.3 Å². The Balaban J connectivity index is 1.33. The molecule has 2 heterocycles. The zero-order valence-corrected chi connectivity index (χ0v) is 16.0. The summed E-state index contributed by atoms with van der Waals surface area (Å²) >= 11 is 0. The number of rotatable bonds is 6. The second-order valence-electron chi connectivity index (χ2n) is 7.07. The molecule has 2 aliphatic heterocycles. The smallest absolute Gasteiger partial charge is 0.251 e. The van der Waals surface area contributed by atoms with E-state index in [0.29, 0.717) is 25.4 Å². The van der Waals surface area contributed by atoms with E-state index in [9.17, 15) is 4.79 Å². The number of nitrogens with one attached hydrogen (secondary N) is 1. The van der Waals surface area contributed by atoms with Crippen molar-refractivity contribution in [3.63, 3.8) is 0 Å². The lowest BCUT2D eigenvalue weighted by molar-refractivity contribution is 0.0679. The average Bonchev–Trinajstić information content (AvgIpc) is 3.26. The molecule has 0 spiro atoms. The van der Waals surface area contributed by atoms with Crippen LogP contribution in [-0.4, -0.2) is 38.4 Å². The molecule has 0 saturated carbocycles. The van der Waals surface area contributed by atoms with E-state index in [1.165, 1.54) is 0 Å². The number of hydrogen-bond acceptors (Lipinski definition) is 5. The van der Waals surface area contributed by atoms with Crippen molar-refractivity contribution in [2.75, 3.05) is 26.4 Å². The monoisotopic (exact) mass is 383 g/mol. The van der Waals surface area contributed by atoms with E-state index < -0.39 is 0 Å². The average molecular weight is 383 g/mol. The zero-order valence-electron chi connectivity index (χ0n) is 16.0. The van der Waals surface area contributed by atoms with Gasteiger partial charge in [-0.1, -0.05) is 6.07 Å². The Hall–Kier alpha value is -2.73. The van der Waals surface area contributed by atoms with Crippen molar-refractivity contribution in [2.24, 2.45) is 0 Å². The Morgan fingerprint density at radius 3 is 2.64 bits per heavy atom. The normalized spacial score (nSPS) is 19.1. The lowest BCUT2D eigenvalue weighted by Gasteiger charge is -2.21. The molecule has 1 saturated heterocycles. The highest BCUT2D eigenvalue weighted by Crippen LogP contribution is 2.32. The van der Waals surface area contributed by atoms with Crippen molar-refractivity contribution in [1.29, 1.82) is 0 Å². The highest BCUT2D eigenvalue weighted by Gasteiger charge is 2.18. The third kappa shape index (κ3) is 4.39. The van der Waals surface area contributed by atoms with Gasteiger partial charge in [0, 0.05) is 12.2 Å². The van der Waals surface area contributed by atoms with E-state index >= 15 is 0 Å². The van der Waals surface area contributed by atoms with Crippen LogP contribution in [0.2, 0.25) is 0 Å². The Bertz CT molecular complexity index is 814. The van der Waals surface area contributed by atoms with Gasteiger partial charge in [0.15, 0.2) is 11.5 Å². The molecular formula is C22H25NO5. The van der Waals surface area contributed by atoms with Crippen molar-refractivity contribution >= 4 is 5.91 Å². The fourth-order valence-electron chi connectivity index (χ4n) is 3.36. The first kappa shape index (κ1) is 18.6. The van der Waals surface area contributed by atoms with E-state index in [1.807, 2.05) is 37.3 Å². The van der Waals surface area contributed by atoms with Gasteiger partial charge in [0.1, 0.15) is 25.6 Å². The van der Waals surface area contributed by atoms with Crippen molar-refractivity contribution in [3.05, 3.63) is 53.6 Å². The maximum absolute atomic E-state index is 12.6. The largest absolute Gasteiger partial charge is 0.491 e. The van der Waals surface area contributed by atoms with Crippen molar-refractivity contribution in [2.45, 2.75) is 31.9 Å². The summed E-state index contributed by atoms with van der Waals surface area (Å²) in [6, 6.07) is 12.8. The van der Waals surface area contributed by atoms with Crippen LogP contribution < -0.4 is 19.5 Å². The first-order valence-electron chi connectivity index (χ1n) is 9.74. The Morgan fingerprint density at radius 2 is 1.89 bits per heavy atom. The highest BCUT2D eigenvalue weighted by molar-refractivity contribution is 5.94. The second kappa shape index (κ2) is 8.52. The van der Waals surface area contributed by atoms with Crippen LogP contribution in [0.5, 0.6) is 17.2 Å². The van der Waals surface area contributed by atoms with Gasteiger partial charge in [-0.25, -0.2) is 0 Å². The molecule has 2 atom stereocenters. The predicted molar refractivity (Wildman–Crippen MR) is 104 cm³/mol. The van der Waals surface area contributed by atoms with Crippen molar-refractivity contribution in [1.82, 2.24) is 5.32 Å². The molecule has 4 rings (SSSR count). The topological polar surface area (TPSA) is 66.0 Å². The number of carbonyl (C=O) groups excluding carboxylic acids is 1. The molecule has 6 nitrogen and oxygen atoms in total. The van der Waals surface area contributed by atoms with Crippen LogP contribution in [0.15, 0.2) is 42.5 Å². The van der Waals surface area contributed by atoms with Crippen LogP contribution in [0.3, 0.4) is 0 Å². The molecular weight excluding hydrogens is 358 g/mol. The fourth-order valence-corrected chi connectivity index (χ4v) is 3.36. The van der Waals surface area contributed by atoms with Gasteiger partial charge in [-0.3, -0.25) is 4.79 Å². The SMILES string of the molecule is CC(NC(=O)c1ccc(OCC2CCCO2)cc1)c1ccc2c(c1)OCCO2. The molecule has 0 aromatic heterocycles. The fraction of sp³-hybridized carbons (Fsp3) is 0.409. The summed E-state index contributed by atoms with van der Waals surface area (Å²) in [6.45, 7) is 4.41. The summed E-state index contributed by atoms with van der Waals surface area (Å²) in [4.78, 5) is 12.6. The van der Waals surface area contributed by atoms with Gasteiger partial charge in [-0.15, -0.1) is 0 Å². The minimum atomic E-state index is -0.154. The molecule has 0 aliphatic carbocycles. The molecule has 148 valence electrons. The maximum atomic E-state index is 12.6. The van der Waals surface area contributed by atoms with Gasteiger partial charge in [0.2, 0.25) is 0 Å². The third-order valence-electron chi connectivity index (χ3n) is 4.99. The quantitative estimate of drug-likeness (QED) is 0.827. The predicted octanol–water partition coefficient (Wildman–Crippen LogP) is 3.51. The standard InChI is InChI=1S/C22H25NO5/c1-15(17-6-9-20-21(13-17)27-12-11-26-20)23-22(24)16-4-7-18(8-5-16)28-14-19-3-2-10-25-19/h4-9,13,15,19H,2-3,10-12,14H2,1H3,(H,23,24). The van der Waals surface area contributed by atoms with E-state index in [4.69, 9.17) is 18.9 Å². The van der Waals surface area contributed by atoms with E-state index in [2.05, 4.69) is 5.32 Å². The number of ether oxygens (including phenoxy) is 4. The lowest BCUT2D eigenvalue weighted by atomic mass is 10.1. The van der Waals surface area contributed by atoms with Gasteiger partial charge in [0.25, 0.3) is 5.91 Å². The van der Waals surface area contributed by atoms with Gasteiger partial charge >= 0.3 is 0 Å². The Kier molecular flexibility index (Phi) is 5.67. The Morgan fingerprint density at radius 1 is 1.11 bits per heavy atom. The summed E-state index contributed by atoms with van der Waals surface area (Å²) in [7, 11) is 0. The molecule has 2 unspecified atom stereocenters. The molecule has 28 heavy (non-hydrogen) atoms. The summed E-state index contributed by atoms with van der Waals surface area (Å²) in [5.41, 5.74) is 1.56. The molecule has 1 amide bonds. The molecule has 1 N–H and O–H groups in total. The summed E-state index contributed by atoms with van der Waals surface area (Å²) in [5, 5.41) is 3.02. The second-order valence-corrected chi connectivity index (χ2v) is 7.07. The highest BCUT2D eigenvalue weighted by atomic mass is 16.6. The van der Waals surface area contributed by atoms with Gasteiger partial charge < -0.3 is 24.3 Å². The summed E-state index contributed by atoms with van der Waals surface area (Å²) in [6.07, 6.45) is 2.31. The number of amides is 1. The molecule has 1 fully saturated rings. The minimum absolute atomic E-state index is 0.131. The van der Waals surface area contributed by atoms with E-state index in [-0.39, 0.29) is 18.1 Å². The first-order chi connectivity index (χ1) is 13.7. The van der Waals surface area contributed by atoms with Gasteiger partial charge in [-0.2, -0.15) is 0 Å². The zero-order chi connectivity index (χ0) is 19.3. The molecule has 2 aromatic carbocycles. The van der Waals surface area contributed by atoms with Gasteiger partial charge in [-0.05, 0) is 61.7 Å². The molecule has 0 bridgehead atoms. The van der Waals surface area contributed by atoms with Crippen LogP contribution in [0.4, 0.5) is 0 Å². The number of hydrogen-bond donors (Lipinski definition) is 1. The van der Waals surface area contributed by atoms with Crippen molar-refractivity contribution < 1.29 is 23.7 Å². The maximum Gasteiger partial charge on any atom is 0.251 e. The van der Waals surface area contributed by atoms with Crippen molar-refractivity contribution in [3.8, 4) is 17.2 Å². The molecule has 2 aliphatic rings. The Labute approximate surface area is 164 Å². The van der Waals surface area contributed by atoms with Crippen LogP contribution in [-0.2, 0) is 4.74 Å². The third-order valence-corrected chi connectivity index (χ3v) is 4.99. The minimum Gasteiger partial charge on any atom is -0.491 e. The van der Waals surface area contributed by atoms with Crippen LogP contribution >= 0.6 is 0 Å². The summed E-state index contributed by atoms with van der Waals surface area (Å²) < 4.78 is 22.5. The van der Waals surface area contributed by atoms with Gasteiger partial charge in [0.05, 0.1) is 12.1 Å². The number of benzene rings is 2. The van der Waals surface area contributed by atoms with E-state index in [1.54, 1.807) is 12.1 Å². The van der Waals surface area contributed by atoms with Crippen LogP contribution in [0.25, 0.3) is 0 Å². The molecule has 6 heteroatoms. The first-order valence-corrected chi connectivity index (χ1v) is 9.74. The lowest BCUT2D eigenvalue weighted by Crippen LogP contribution is -2.26. The number of carbonyl (C=O) groups is 1. The van der Waals surface area contributed by atoms with Crippen LogP contribution in [0.1, 0.15) is 41.7 Å². The molecule has 2 aromatic rings. The summed E-state index contributed by atoms with van der Waals surface area (Å²) in [5.74, 6) is 2.07.